The number of H-pyrrole nitrogens is 1. The van der Waals surface area contributed by atoms with Crippen LogP contribution in [-0.4, -0.2) is 49.6 Å². The molecule has 1 aromatic carbocycles. The highest BCUT2D eigenvalue weighted by molar-refractivity contribution is 5.74. The molecule has 31 heavy (non-hydrogen) atoms. The number of nitrogens with zero attached hydrogens (tertiary/aromatic N) is 4. The maximum absolute atomic E-state index is 14.7. The van der Waals surface area contributed by atoms with Crippen molar-refractivity contribution in [2.24, 2.45) is 0 Å². The van der Waals surface area contributed by atoms with Gasteiger partial charge in [-0.05, 0) is 63.8 Å². The topological polar surface area (TPSA) is 90.0 Å². The van der Waals surface area contributed by atoms with Crippen molar-refractivity contribution in [1.82, 2.24) is 25.7 Å². The summed E-state index contributed by atoms with van der Waals surface area (Å²) in [5.41, 5.74) is 0.893. The molecule has 1 unspecified atom stereocenters. The number of hydrogen-bond acceptors (Lipinski definition) is 6. The average molecular weight is 426 g/mol. The summed E-state index contributed by atoms with van der Waals surface area (Å²) in [5.74, 6) is -0.476. The molecule has 162 valence electrons. The second kappa shape index (κ2) is 7.02. The molecular formula is C23H27FN6O. The summed E-state index contributed by atoms with van der Waals surface area (Å²) in [6.45, 7) is 1.88. The fourth-order valence-corrected chi connectivity index (χ4v) is 5.18. The molecule has 2 fully saturated rings. The van der Waals surface area contributed by atoms with Crippen molar-refractivity contribution in [1.29, 1.82) is 0 Å². The molecular weight excluding hydrogens is 395 g/mol. The third-order valence-corrected chi connectivity index (χ3v) is 6.64. The summed E-state index contributed by atoms with van der Waals surface area (Å²) in [7, 11) is 0. The van der Waals surface area contributed by atoms with Crippen molar-refractivity contribution in [3.8, 4) is 28.1 Å². The summed E-state index contributed by atoms with van der Waals surface area (Å²) < 4.78 is 39.3. The van der Waals surface area contributed by atoms with Crippen LogP contribution in [0, 0.1) is 5.82 Å². The minimum atomic E-state index is -2.40. The van der Waals surface area contributed by atoms with Gasteiger partial charge >= 0.3 is 0 Å². The molecule has 0 saturated carbocycles. The zero-order chi connectivity index (χ0) is 24.3. The number of rotatable bonds is 4. The van der Waals surface area contributed by atoms with Crippen LogP contribution in [-0.2, 0) is 0 Å². The van der Waals surface area contributed by atoms with Crippen molar-refractivity contribution in [2.45, 2.75) is 56.7 Å². The summed E-state index contributed by atoms with van der Waals surface area (Å²) in [4.78, 5) is 1.38. The van der Waals surface area contributed by atoms with Gasteiger partial charge in [0.2, 0.25) is 0 Å². The molecule has 2 aliphatic heterocycles. The molecule has 0 spiro atoms. The number of anilines is 1. The normalized spacial score (nSPS) is 29.3. The summed E-state index contributed by atoms with van der Waals surface area (Å²) in [6.07, 6.45) is 6.36. The minimum Gasteiger partial charge on any atom is -0.507 e. The van der Waals surface area contributed by atoms with Crippen molar-refractivity contribution in [2.75, 3.05) is 11.9 Å². The molecule has 2 bridgehead atoms. The lowest BCUT2D eigenvalue weighted by atomic mass is 9.84. The van der Waals surface area contributed by atoms with E-state index in [1.165, 1.54) is 29.4 Å². The molecule has 0 amide bonds. The van der Waals surface area contributed by atoms with Crippen LogP contribution < -0.4 is 10.2 Å². The monoisotopic (exact) mass is 425 g/mol. The Hall–Kier alpha value is -3.00. The quantitative estimate of drug-likeness (QED) is 0.588. The standard InChI is InChI=1S/C23H27FN6O/c1-22-6-7-23(2,29-22)11-15(10-22)30(3)21-5-4-19(27-28-21)17-8-18(24)16(9-20(17)31)14-12-25-26-13-14/h4-5,8-9,12-13,15,29,31H,6-7,10-11H2,1-3H3,(H,25,26)/t15?,22-,23+/i3D3. The molecule has 3 aromatic rings. The Bertz CT molecular complexity index is 1180. The third-order valence-electron chi connectivity index (χ3n) is 6.64. The van der Waals surface area contributed by atoms with E-state index in [4.69, 9.17) is 4.11 Å². The van der Waals surface area contributed by atoms with Crippen LogP contribution in [0.15, 0.2) is 36.7 Å². The number of nitrogens with one attached hydrogen (secondary N) is 2. The first-order valence-electron chi connectivity index (χ1n) is 11.9. The van der Waals surface area contributed by atoms with E-state index in [-0.39, 0.29) is 45.5 Å². The highest BCUT2D eigenvalue weighted by Crippen LogP contribution is 2.44. The van der Waals surface area contributed by atoms with Gasteiger partial charge in [0.05, 0.1) is 11.9 Å². The number of aromatic hydroxyl groups is 1. The molecule has 0 aliphatic carbocycles. The first-order chi connectivity index (χ1) is 16.0. The van der Waals surface area contributed by atoms with Crippen molar-refractivity contribution < 1.29 is 13.6 Å². The molecule has 5 rings (SSSR count). The Morgan fingerprint density at radius 1 is 1.16 bits per heavy atom. The van der Waals surface area contributed by atoms with Gasteiger partial charge in [0.15, 0.2) is 5.82 Å². The zero-order valence-electron chi connectivity index (χ0n) is 20.5. The van der Waals surface area contributed by atoms with Crippen LogP contribution in [0.3, 0.4) is 0 Å². The predicted molar refractivity (Wildman–Crippen MR) is 117 cm³/mol. The molecule has 2 saturated heterocycles. The van der Waals surface area contributed by atoms with Crippen LogP contribution >= 0.6 is 0 Å². The Morgan fingerprint density at radius 2 is 1.94 bits per heavy atom. The SMILES string of the molecule is [2H]C([2H])([2H])N(c1ccc(-c2cc(F)c(-c3cn[nH]c3)cc2O)nn1)C1C[C@]2(C)CC[C@](C)(C1)N2. The molecule has 2 aromatic heterocycles. The van der Waals surface area contributed by atoms with Gasteiger partial charge in [-0.2, -0.15) is 5.10 Å². The number of phenolic OH excluding ortho intramolecular Hbond substituents is 1. The lowest BCUT2D eigenvalue weighted by molar-refractivity contribution is 0.207. The zero-order valence-corrected chi connectivity index (χ0v) is 17.5. The van der Waals surface area contributed by atoms with Gasteiger partial charge in [-0.25, -0.2) is 4.39 Å². The van der Waals surface area contributed by atoms with E-state index in [0.717, 1.165) is 12.8 Å². The molecule has 8 heteroatoms. The molecule has 3 N–H and O–H groups in total. The summed E-state index contributed by atoms with van der Waals surface area (Å²) in [6, 6.07) is 5.41. The van der Waals surface area contributed by atoms with E-state index in [1.54, 1.807) is 12.1 Å². The number of aromatic amines is 1. The lowest BCUT2D eigenvalue weighted by Gasteiger charge is -2.45. The van der Waals surface area contributed by atoms with E-state index in [1.807, 2.05) is 0 Å². The first-order valence-corrected chi connectivity index (χ1v) is 10.4. The van der Waals surface area contributed by atoms with Crippen molar-refractivity contribution in [3.63, 3.8) is 0 Å². The molecule has 0 radical (unpaired) electrons. The van der Waals surface area contributed by atoms with Crippen molar-refractivity contribution in [3.05, 3.63) is 42.5 Å². The Balaban J connectivity index is 1.46. The predicted octanol–water partition coefficient (Wildman–Crippen LogP) is 3.88. The van der Waals surface area contributed by atoms with Gasteiger partial charge in [0, 0.05) is 51.1 Å². The first kappa shape index (κ1) is 16.7. The van der Waals surface area contributed by atoms with Crippen LogP contribution in [0.25, 0.3) is 22.4 Å². The van der Waals surface area contributed by atoms with E-state index in [2.05, 4.69) is 39.6 Å². The molecule has 2 aliphatic rings. The smallest absolute Gasteiger partial charge is 0.151 e. The fourth-order valence-electron chi connectivity index (χ4n) is 5.18. The van der Waals surface area contributed by atoms with Gasteiger partial charge in [-0.3, -0.25) is 5.10 Å². The number of hydrogen-bond donors (Lipinski definition) is 3. The molecule has 4 heterocycles. The number of fused-ring (bicyclic) bond motifs is 2. The van der Waals surface area contributed by atoms with Gasteiger partial charge in [-0.1, -0.05) is 0 Å². The Morgan fingerprint density at radius 3 is 2.55 bits per heavy atom. The number of piperidine rings is 1. The van der Waals surface area contributed by atoms with Crippen LogP contribution in [0.4, 0.5) is 10.2 Å². The number of benzene rings is 1. The Kier molecular flexibility index (Phi) is 3.77. The number of halogens is 1. The highest BCUT2D eigenvalue weighted by Gasteiger charge is 2.49. The number of phenols is 1. The maximum Gasteiger partial charge on any atom is 0.151 e. The van der Waals surface area contributed by atoms with Crippen LogP contribution in [0.2, 0.25) is 0 Å². The molecule has 7 nitrogen and oxygen atoms in total. The van der Waals surface area contributed by atoms with E-state index in [0.29, 0.717) is 18.4 Å². The van der Waals surface area contributed by atoms with Crippen LogP contribution in [0.5, 0.6) is 5.75 Å². The lowest BCUT2D eigenvalue weighted by Crippen LogP contribution is -2.58. The summed E-state index contributed by atoms with van der Waals surface area (Å²) in [5, 5.41) is 29.0. The van der Waals surface area contributed by atoms with E-state index in [9.17, 15) is 9.50 Å². The van der Waals surface area contributed by atoms with Gasteiger partial charge < -0.3 is 15.3 Å². The van der Waals surface area contributed by atoms with Gasteiger partial charge in [0.1, 0.15) is 11.6 Å². The second-order valence-electron chi connectivity index (χ2n) is 9.29. The average Bonchev–Trinajstić information content (AvgIpc) is 3.35. The molecule has 3 atom stereocenters. The van der Waals surface area contributed by atoms with E-state index >= 15 is 0 Å². The minimum absolute atomic E-state index is 0.116. The number of aromatic nitrogens is 4. The maximum atomic E-state index is 14.7. The largest absolute Gasteiger partial charge is 0.507 e. The van der Waals surface area contributed by atoms with Crippen molar-refractivity contribution >= 4 is 5.82 Å². The second-order valence-corrected chi connectivity index (χ2v) is 9.29. The highest BCUT2D eigenvalue weighted by atomic mass is 19.1. The van der Waals surface area contributed by atoms with Gasteiger partial charge in [-0.15, -0.1) is 10.2 Å². The Labute approximate surface area is 184 Å². The van der Waals surface area contributed by atoms with Crippen LogP contribution in [0.1, 0.15) is 43.6 Å². The van der Waals surface area contributed by atoms with E-state index < -0.39 is 12.8 Å². The third kappa shape index (κ3) is 3.54. The fraction of sp³-hybridized carbons (Fsp3) is 0.435. The van der Waals surface area contributed by atoms with Gasteiger partial charge in [0.25, 0.3) is 0 Å². The summed E-state index contributed by atoms with van der Waals surface area (Å²) >= 11 is 0.